The first-order valence-electron chi connectivity index (χ1n) is 8.92. The number of nitrogens with two attached hydrogens (primary N) is 1. The lowest BCUT2D eigenvalue weighted by molar-refractivity contribution is -0.136. The highest BCUT2D eigenvalue weighted by Gasteiger charge is 2.46. The van der Waals surface area contributed by atoms with Gasteiger partial charge in [0.15, 0.2) is 0 Å². The van der Waals surface area contributed by atoms with Crippen molar-refractivity contribution in [3.63, 3.8) is 0 Å². The molecule has 0 saturated carbocycles. The molecule has 1 spiro atoms. The molecule has 0 aromatic heterocycles. The molecular weight excluding hydrogens is 360 g/mol. The fourth-order valence-corrected chi connectivity index (χ4v) is 6.02. The van der Waals surface area contributed by atoms with Crippen LogP contribution < -0.4 is 11.1 Å². The van der Waals surface area contributed by atoms with Crippen molar-refractivity contribution in [1.29, 1.82) is 0 Å². The third kappa shape index (κ3) is 4.27. The Balaban J connectivity index is 1.61. The number of aliphatic hydroxyl groups is 1. The van der Waals surface area contributed by atoms with Crippen LogP contribution in [0.2, 0.25) is 0 Å². The van der Waals surface area contributed by atoms with Crippen molar-refractivity contribution in [1.82, 2.24) is 15.1 Å². The summed E-state index contributed by atoms with van der Waals surface area (Å²) in [4.78, 5) is 28.7. The number of aliphatic hydroxyl groups excluding tert-OH is 1. The molecule has 0 bridgehead atoms. The molecule has 2 amide bonds. The van der Waals surface area contributed by atoms with Crippen LogP contribution in [0.15, 0.2) is 0 Å². The van der Waals surface area contributed by atoms with E-state index in [-0.39, 0.29) is 22.7 Å². The Labute approximate surface area is 157 Å². The summed E-state index contributed by atoms with van der Waals surface area (Å²) < 4.78 is 0. The van der Waals surface area contributed by atoms with E-state index in [4.69, 9.17) is 5.73 Å². The van der Waals surface area contributed by atoms with E-state index in [0.29, 0.717) is 13.1 Å². The topological polar surface area (TPSA) is 98.9 Å². The highest BCUT2D eigenvalue weighted by Crippen LogP contribution is 2.38. The molecule has 3 heterocycles. The van der Waals surface area contributed by atoms with Gasteiger partial charge in [-0.15, -0.1) is 11.8 Å². The van der Waals surface area contributed by atoms with E-state index in [2.05, 4.69) is 5.32 Å². The molecular formula is C16H28N4O3S2. The number of nitrogens with one attached hydrogen (secondary N) is 1. The summed E-state index contributed by atoms with van der Waals surface area (Å²) in [5.74, 6) is 2.74. The smallest absolute Gasteiger partial charge is 0.242 e. The van der Waals surface area contributed by atoms with Crippen molar-refractivity contribution in [2.75, 3.05) is 43.4 Å². The number of amides is 2. The first kappa shape index (κ1) is 19.3. The van der Waals surface area contributed by atoms with Crippen LogP contribution in [0.5, 0.6) is 0 Å². The largest absolute Gasteiger partial charge is 0.391 e. The zero-order valence-electron chi connectivity index (χ0n) is 14.6. The Hall–Kier alpha value is -0.480. The molecule has 3 saturated heterocycles. The number of carbonyl (C=O) groups is 2. The van der Waals surface area contributed by atoms with Gasteiger partial charge in [-0.25, -0.2) is 0 Å². The Morgan fingerprint density at radius 1 is 1.28 bits per heavy atom. The second-order valence-corrected chi connectivity index (χ2v) is 9.70. The zero-order chi connectivity index (χ0) is 18.0. The summed E-state index contributed by atoms with van der Waals surface area (Å²) in [5, 5.41) is 13.1. The molecule has 0 aliphatic carbocycles. The molecule has 25 heavy (non-hydrogen) atoms. The minimum Gasteiger partial charge on any atom is -0.391 e. The van der Waals surface area contributed by atoms with E-state index in [1.807, 2.05) is 16.7 Å². The van der Waals surface area contributed by atoms with Gasteiger partial charge in [0, 0.05) is 43.4 Å². The number of likely N-dealkylation sites (tertiary alicyclic amines) is 1. The van der Waals surface area contributed by atoms with Crippen LogP contribution in [0, 0.1) is 0 Å². The lowest BCUT2D eigenvalue weighted by Crippen LogP contribution is -2.60. The van der Waals surface area contributed by atoms with Gasteiger partial charge in [0.25, 0.3) is 0 Å². The molecule has 4 N–H and O–H groups in total. The van der Waals surface area contributed by atoms with Gasteiger partial charge in [-0.2, -0.15) is 11.8 Å². The van der Waals surface area contributed by atoms with Crippen molar-refractivity contribution >= 4 is 35.3 Å². The third-order valence-corrected chi connectivity index (χ3v) is 7.60. The van der Waals surface area contributed by atoms with Crippen molar-refractivity contribution in [3.8, 4) is 0 Å². The van der Waals surface area contributed by atoms with Gasteiger partial charge >= 0.3 is 0 Å². The van der Waals surface area contributed by atoms with E-state index >= 15 is 0 Å². The average Bonchev–Trinajstić information content (AvgIpc) is 3.03. The number of rotatable bonds is 3. The van der Waals surface area contributed by atoms with Gasteiger partial charge < -0.3 is 20.6 Å². The standard InChI is InChI=1S/C16H28N4O3S2/c1-11(21)13(17)15(23)20-4-2-3-16(10-20)18-12(9-25-16)14(22)19-5-7-24-8-6-19/h11-13,18,21H,2-10,17H2,1H3/t11-,12+,13+,16?/m1/s1. The van der Waals surface area contributed by atoms with Gasteiger partial charge in [0.05, 0.1) is 17.0 Å². The normalized spacial score (nSPS) is 32.7. The van der Waals surface area contributed by atoms with E-state index in [9.17, 15) is 14.7 Å². The molecule has 0 aromatic rings. The molecule has 3 aliphatic heterocycles. The monoisotopic (exact) mass is 388 g/mol. The van der Waals surface area contributed by atoms with Gasteiger partial charge in [-0.3, -0.25) is 14.9 Å². The molecule has 3 fully saturated rings. The summed E-state index contributed by atoms with van der Waals surface area (Å²) >= 11 is 3.64. The second-order valence-electron chi connectivity index (χ2n) is 7.07. The van der Waals surface area contributed by atoms with E-state index in [0.717, 1.165) is 43.2 Å². The van der Waals surface area contributed by atoms with Gasteiger partial charge in [0.2, 0.25) is 11.8 Å². The number of thioether (sulfide) groups is 2. The van der Waals surface area contributed by atoms with Crippen LogP contribution in [-0.4, -0.2) is 93.2 Å². The number of nitrogens with zero attached hydrogens (tertiary/aromatic N) is 2. The molecule has 9 heteroatoms. The lowest BCUT2D eigenvalue weighted by atomic mass is 10.0. The Morgan fingerprint density at radius 2 is 2.00 bits per heavy atom. The highest BCUT2D eigenvalue weighted by atomic mass is 32.2. The molecule has 0 aromatic carbocycles. The lowest BCUT2D eigenvalue weighted by Gasteiger charge is -2.41. The molecule has 0 radical (unpaired) electrons. The molecule has 3 rings (SSSR count). The predicted octanol–water partition coefficient (Wildman–Crippen LogP) is -0.706. The maximum absolute atomic E-state index is 12.7. The first-order chi connectivity index (χ1) is 11.9. The fourth-order valence-electron chi connectivity index (χ4n) is 3.64. The van der Waals surface area contributed by atoms with Crippen LogP contribution in [-0.2, 0) is 9.59 Å². The van der Waals surface area contributed by atoms with Crippen molar-refractivity contribution in [2.24, 2.45) is 5.73 Å². The van der Waals surface area contributed by atoms with Crippen molar-refractivity contribution in [3.05, 3.63) is 0 Å². The predicted molar refractivity (Wildman–Crippen MR) is 101 cm³/mol. The number of hydrogen-bond donors (Lipinski definition) is 3. The van der Waals surface area contributed by atoms with Crippen LogP contribution in [0.1, 0.15) is 19.8 Å². The van der Waals surface area contributed by atoms with Crippen LogP contribution in [0.25, 0.3) is 0 Å². The highest BCUT2D eigenvalue weighted by molar-refractivity contribution is 8.01. The zero-order valence-corrected chi connectivity index (χ0v) is 16.3. The minimum atomic E-state index is -0.884. The maximum atomic E-state index is 12.7. The Morgan fingerprint density at radius 3 is 2.68 bits per heavy atom. The van der Waals surface area contributed by atoms with E-state index < -0.39 is 12.1 Å². The van der Waals surface area contributed by atoms with Gasteiger partial charge in [0.1, 0.15) is 6.04 Å². The van der Waals surface area contributed by atoms with Crippen molar-refractivity contribution in [2.45, 2.75) is 42.8 Å². The fraction of sp³-hybridized carbons (Fsp3) is 0.875. The van der Waals surface area contributed by atoms with E-state index in [1.165, 1.54) is 6.92 Å². The second kappa shape index (κ2) is 8.04. The maximum Gasteiger partial charge on any atom is 0.242 e. The number of piperidine rings is 1. The van der Waals surface area contributed by atoms with E-state index in [1.54, 1.807) is 16.7 Å². The first-order valence-corrected chi connectivity index (χ1v) is 11.1. The molecule has 3 aliphatic rings. The number of carbonyl (C=O) groups excluding carboxylic acids is 2. The molecule has 7 nitrogen and oxygen atoms in total. The van der Waals surface area contributed by atoms with Crippen molar-refractivity contribution < 1.29 is 14.7 Å². The Bertz CT molecular complexity index is 516. The molecule has 1 unspecified atom stereocenters. The van der Waals surface area contributed by atoms with Crippen LogP contribution in [0.4, 0.5) is 0 Å². The quantitative estimate of drug-likeness (QED) is 0.588. The molecule has 142 valence electrons. The summed E-state index contributed by atoms with van der Waals surface area (Å²) in [7, 11) is 0. The van der Waals surface area contributed by atoms with Gasteiger partial charge in [-0.05, 0) is 19.8 Å². The summed E-state index contributed by atoms with van der Waals surface area (Å²) in [6.07, 6.45) is 0.950. The molecule has 4 atom stereocenters. The summed E-state index contributed by atoms with van der Waals surface area (Å²) in [6, 6.07) is -1.06. The SMILES string of the molecule is C[C@@H](O)[C@H](N)C(=O)N1CCCC2(C1)N[C@H](C(=O)N1CCSCC1)CS2. The summed E-state index contributed by atoms with van der Waals surface area (Å²) in [5.41, 5.74) is 5.82. The minimum absolute atomic E-state index is 0.173. The van der Waals surface area contributed by atoms with Crippen LogP contribution in [0.3, 0.4) is 0 Å². The average molecular weight is 389 g/mol. The summed E-state index contributed by atoms with van der Waals surface area (Å²) in [6.45, 7) is 4.39. The van der Waals surface area contributed by atoms with Crippen LogP contribution >= 0.6 is 23.5 Å². The van der Waals surface area contributed by atoms with Gasteiger partial charge in [-0.1, -0.05) is 0 Å². The third-order valence-electron chi connectivity index (χ3n) is 5.16. The number of hydrogen-bond acceptors (Lipinski definition) is 7. The Kier molecular flexibility index (Phi) is 6.20.